The zero-order valence-electron chi connectivity index (χ0n) is 10.8. The summed E-state index contributed by atoms with van der Waals surface area (Å²) in [4.78, 5) is 6.98. The van der Waals surface area contributed by atoms with Crippen LogP contribution in [0.25, 0.3) is 0 Å². The molecule has 1 saturated heterocycles. The zero-order chi connectivity index (χ0) is 12.3. The molecule has 1 fully saturated rings. The van der Waals surface area contributed by atoms with E-state index < -0.39 is 0 Å². The average molecular weight is 235 g/mol. The van der Waals surface area contributed by atoms with E-state index in [-0.39, 0.29) is 0 Å². The Labute approximate surface area is 103 Å². The predicted octanol–water partition coefficient (Wildman–Crippen LogP) is 1.73. The minimum absolute atomic E-state index is 0.318. The maximum atomic E-state index is 5.63. The van der Waals surface area contributed by atoms with Gasteiger partial charge in [-0.25, -0.2) is 4.98 Å². The van der Waals surface area contributed by atoms with Crippen LogP contribution >= 0.6 is 0 Å². The van der Waals surface area contributed by atoms with Crippen LogP contribution in [-0.4, -0.2) is 42.2 Å². The molecule has 1 aliphatic heterocycles. The van der Waals surface area contributed by atoms with E-state index in [1.807, 2.05) is 19.2 Å². The van der Waals surface area contributed by atoms with E-state index in [0.717, 1.165) is 31.2 Å². The van der Waals surface area contributed by atoms with Gasteiger partial charge in [0.2, 0.25) is 0 Å². The number of nitrogens with zero attached hydrogens (tertiary/aromatic N) is 2. The van der Waals surface area contributed by atoms with Gasteiger partial charge in [0, 0.05) is 26.2 Å². The van der Waals surface area contributed by atoms with Crippen molar-refractivity contribution in [1.82, 2.24) is 9.88 Å². The van der Waals surface area contributed by atoms with Gasteiger partial charge in [-0.2, -0.15) is 0 Å². The Bertz CT molecular complexity index is 369. The first-order valence-corrected chi connectivity index (χ1v) is 6.18. The van der Waals surface area contributed by atoms with Gasteiger partial charge < -0.3 is 10.1 Å². The molecular formula is C13H21N3O. The lowest BCUT2D eigenvalue weighted by molar-refractivity contribution is -0.0530. The molecule has 0 aliphatic carbocycles. The van der Waals surface area contributed by atoms with Crippen molar-refractivity contribution in [3.8, 4) is 0 Å². The lowest BCUT2D eigenvalue weighted by Crippen LogP contribution is -2.46. The monoisotopic (exact) mass is 235 g/mol. The van der Waals surface area contributed by atoms with E-state index in [1.54, 1.807) is 0 Å². The number of hydrogen-bond donors (Lipinski definition) is 1. The number of ether oxygens (including phenoxy) is 1. The second-order valence-electron chi connectivity index (χ2n) is 4.69. The summed E-state index contributed by atoms with van der Waals surface area (Å²) in [6.07, 6.45) is 0.318. The van der Waals surface area contributed by atoms with E-state index in [1.165, 1.54) is 0 Å². The molecule has 0 saturated carbocycles. The smallest absolute Gasteiger partial charge is 0.126 e. The van der Waals surface area contributed by atoms with Gasteiger partial charge in [0.05, 0.1) is 18.4 Å². The van der Waals surface area contributed by atoms with Gasteiger partial charge in [-0.1, -0.05) is 6.07 Å². The van der Waals surface area contributed by atoms with Crippen molar-refractivity contribution < 1.29 is 4.74 Å². The average Bonchev–Trinajstić information content (AvgIpc) is 2.34. The molecule has 1 aromatic heterocycles. The first-order valence-electron chi connectivity index (χ1n) is 6.18. The van der Waals surface area contributed by atoms with Crippen LogP contribution < -0.4 is 5.32 Å². The maximum absolute atomic E-state index is 5.63. The Morgan fingerprint density at radius 1 is 1.47 bits per heavy atom. The fourth-order valence-corrected chi connectivity index (χ4v) is 2.11. The van der Waals surface area contributed by atoms with Crippen molar-refractivity contribution >= 4 is 5.82 Å². The summed E-state index contributed by atoms with van der Waals surface area (Å²) in [5.74, 6) is 0.927. The number of anilines is 1. The highest BCUT2D eigenvalue weighted by molar-refractivity contribution is 5.34. The topological polar surface area (TPSA) is 37.4 Å². The summed E-state index contributed by atoms with van der Waals surface area (Å²) >= 11 is 0. The molecule has 1 aromatic rings. The van der Waals surface area contributed by atoms with Crippen molar-refractivity contribution in [2.75, 3.05) is 25.5 Å². The first kappa shape index (κ1) is 12.3. The van der Waals surface area contributed by atoms with E-state index in [2.05, 4.69) is 35.1 Å². The quantitative estimate of drug-likeness (QED) is 0.866. The first-order chi connectivity index (χ1) is 8.19. The summed E-state index contributed by atoms with van der Waals surface area (Å²) in [7, 11) is 1.89. The molecule has 0 aromatic carbocycles. The van der Waals surface area contributed by atoms with E-state index in [0.29, 0.717) is 12.1 Å². The largest absolute Gasteiger partial charge is 0.376 e. The fourth-order valence-electron chi connectivity index (χ4n) is 2.11. The minimum atomic E-state index is 0.318. The van der Waals surface area contributed by atoms with Crippen molar-refractivity contribution in [3.63, 3.8) is 0 Å². The van der Waals surface area contributed by atoms with Crippen LogP contribution in [0.15, 0.2) is 18.2 Å². The molecule has 0 radical (unpaired) electrons. The molecule has 0 bridgehead atoms. The molecule has 2 atom stereocenters. The van der Waals surface area contributed by atoms with Gasteiger partial charge in [0.1, 0.15) is 5.82 Å². The normalized spacial score (nSPS) is 25.8. The summed E-state index contributed by atoms with van der Waals surface area (Å²) < 4.78 is 5.63. The number of rotatable bonds is 3. The molecule has 1 aliphatic rings. The molecule has 4 heteroatoms. The number of aromatic nitrogens is 1. The number of nitrogens with one attached hydrogen (secondary N) is 1. The van der Waals surface area contributed by atoms with Gasteiger partial charge in [-0.05, 0) is 26.0 Å². The SMILES string of the molecule is CNc1cccc(CN2CC(C)OCC2C)n1. The fraction of sp³-hybridized carbons (Fsp3) is 0.615. The lowest BCUT2D eigenvalue weighted by Gasteiger charge is -2.36. The van der Waals surface area contributed by atoms with E-state index in [9.17, 15) is 0 Å². The molecule has 17 heavy (non-hydrogen) atoms. The Morgan fingerprint density at radius 2 is 2.29 bits per heavy atom. The summed E-state index contributed by atoms with van der Waals surface area (Å²) in [5, 5.41) is 3.07. The molecule has 2 unspecified atom stereocenters. The van der Waals surface area contributed by atoms with Gasteiger partial charge in [-0.15, -0.1) is 0 Å². The molecule has 1 N–H and O–H groups in total. The number of morpholine rings is 1. The van der Waals surface area contributed by atoms with Crippen LogP contribution in [0, 0.1) is 0 Å². The molecule has 4 nitrogen and oxygen atoms in total. The minimum Gasteiger partial charge on any atom is -0.376 e. The van der Waals surface area contributed by atoms with E-state index >= 15 is 0 Å². The molecule has 0 amide bonds. The van der Waals surface area contributed by atoms with Crippen LogP contribution in [0.3, 0.4) is 0 Å². The van der Waals surface area contributed by atoms with Gasteiger partial charge >= 0.3 is 0 Å². The third kappa shape index (κ3) is 3.17. The summed E-state index contributed by atoms with van der Waals surface area (Å²) in [6, 6.07) is 6.57. The van der Waals surface area contributed by atoms with Crippen LogP contribution in [-0.2, 0) is 11.3 Å². The van der Waals surface area contributed by atoms with Crippen LogP contribution in [0.5, 0.6) is 0 Å². The molecule has 0 spiro atoms. The Balaban J connectivity index is 2.03. The van der Waals surface area contributed by atoms with Crippen LogP contribution in [0.1, 0.15) is 19.5 Å². The van der Waals surface area contributed by atoms with E-state index in [4.69, 9.17) is 4.74 Å². The number of hydrogen-bond acceptors (Lipinski definition) is 4. The third-order valence-corrected chi connectivity index (χ3v) is 3.16. The highest BCUT2D eigenvalue weighted by Crippen LogP contribution is 2.15. The molecular weight excluding hydrogens is 214 g/mol. The van der Waals surface area contributed by atoms with Gasteiger partial charge in [-0.3, -0.25) is 4.90 Å². The second-order valence-corrected chi connectivity index (χ2v) is 4.69. The maximum Gasteiger partial charge on any atom is 0.126 e. The highest BCUT2D eigenvalue weighted by Gasteiger charge is 2.23. The van der Waals surface area contributed by atoms with Crippen LogP contribution in [0.2, 0.25) is 0 Å². The van der Waals surface area contributed by atoms with Gasteiger partial charge in [0.25, 0.3) is 0 Å². The number of pyridine rings is 1. The predicted molar refractivity (Wildman–Crippen MR) is 69.1 cm³/mol. The lowest BCUT2D eigenvalue weighted by atomic mass is 10.2. The van der Waals surface area contributed by atoms with Gasteiger partial charge in [0.15, 0.2) is 0 Å². The van der Waals surface area contributed by atoms with Crippen LogP contribution in [0.4, 0.5) is 5.82 Å². The highest BCUT2D eigenvalue weighted by atomic mass is 16.5. The molecule has 2 rings (SSSR count). The Kier molecular flexibility index (Phi) is 3.97. The third-order valence-electron chi connectivity index (χ3n) is 3.16. The molecule has 94 valence electrons. The zero-order valence-corrected chi connectivity index (χ0v) is 10.8. The van der Waals surface area contributed by atoms with Crippen molar-refractivity contribution in [2.24, 2.45) is 0 Å². The van der Waals surface area contributed by atoms with Crippen molar-refractivity contribution in [2.45, 2.75) is 32.5 Å². The summed E-state index contributed by atoms with van der Waals surface area (Å²) in [6.45, 7) is 7.01. The van der Waals surface area contributed by atoms with Crippen molar-refractivity contribution in [1.29, 1.82) is 0 Å². The Hall–Kier alpha value is -1.13. The second kappa shape index (κ2) is 5.47. The summed E-state index contributed by atoms with van der Waals surface area (Å²) in [5.41, 5.74) is 1.11. The van der Waals surface area contributed by atoms with Crippen molar-refractivity contribution in [3.05, 3.63) is 23.9 Å². The standard InChI is InChI=1S/C13H21N3O/c1-10-9-17-11(2)7-16(10)8-12-5-4-6-13(14-3)15-12/h4-6,10-11H,7-9H2,1-3H3,(H,14,15). The Morgan fingerprint density at radius 3 is 3.06 bits per heavy atom. The molecule has 2 heterocycles.